The summed E-state index contributed by atoms with van der Waals surface area (Å²) in [6, 6.07) is 13.4. The van der Waals surface area contributed by atoms with Gasteiger partial charge in [-0.25, -0.2) is 9.36 Å². The summed E-state index contributed by atoms with van der Waals surface area (Å²) in [7, 11) is 0. The molecule has 4 rings (SSSR count). The lowest BCUT2D eigenvalue weighted by Crippen LogP contribution is -2.23. The van der Waals surface area contributed by atoms with Crippen molar-refractivity contribution in [1.82, 2.24) is 35.1 Å². The van der Waals surface area contributed by atoms with Crippen molar-refractivity contribution in [2.45, 2.75) is 13.5 Å². The fraction of sp³-hybridized carbons (Fsp3) is 0.105. The molecule has 4 aromatic rings. The summed E-state index contributed by atoms with van der Waals surface area (Å²) in [4.78, 5) is 16.5. The van der Waals surface area contributed by atoms with Crippen molar-refractivity contribution >= 4 is 5.91 Å². The summed E-state index contributed by atoms with van der Waals surface area (Å²) >= 11 is 0. The molecule has 0 atom stereocenters. The predicted octanol–water partition coefficient (Wildman–Crippen LogP) is 2.09. The van der Waals surface area contributed by atoms with Crippen LogP contribution in [0.3, 0.4) is 0 Å². The number of rotatable bonds is 5. The molecule has 0 saturated heterocycles. The molecule has 27 heavy (non-hydrogen) atoms. The van der Waals surface area contributed by atoms with Gasteiger partial charge in [-0.2, -0.15) is 5.10 Å². The van der Waals surface area contributed by atoms with Crippen LogP contribution in [0.4, 0.5) is 0 Å². The number of nitrogens with one attached hydrogen (secondary N) is 1. The van der Waals surface area contributed by atoms with Crippen LogP contribution in [0, 0.1) is 6.92 Å². The number of amides is 1. The number of hydrogen-bond donors (Lipinski definition) is 1. The van der Waals surface area contributed by atoms with E-state index in [1.807, 2.05) is 49.4 Å². The molecule has 0 fully saturated rings. The smallest absolute Gasteiger partial charge is 0.255 e. The molecule has 0 saturated carbocycles. The average molecular weight is 359 g/mol. The number of aromatic nitrogens is 6. The first-order chi connectivity index (χ1) is 13.2. The topological polar surface area (TPSA) is 90.5 Å². The highest BCUT2D eigenvalue weighted by Crippen LogP contribution is 2.14. The van der Waals surface area contributed by atoms with Crippen LogP contribution in [0.25, 0.3) is 11.4 Å². The standard InChI is InChI=1S/C19H17N7O/c1-14-18(12-22-26(14)17-5-3-2-4-6-17)19(27)21-11-15-13-25(24-23-15)16-7-9-20-10-8-16/h2-10,12-13H,11H2,1H3,(H,21,27). The van der Waals surface area contributed by atoms with Crippen LogP contribution in [-0.2, 0) is 6.54 Å². The van der Waals surface area contributed by atoms with Gasteiger partial charge in [0.1, 0.15) is 5.69 Å². The molecule has 0 aliphatic heterocycles. The number of pyridine rings is 1. The van der Waals surface area contributed by atoms with Gasteiger partial charge in [0.15, 0.2) is 0 Å². The minimum absolute atomic E-state index is 0.201. The first-order valence-electron chi connectivity index (χ1n) is 8.42. The summed E-state index contributed by atoms with van der Waals surface area (Å²) in [5, 5.41) is 15.3. The maximum atomic E-state index is 12.5. The molecule has 0 bridgehead atoms. The van der Waals surface area contributed by atoms with Gasteiger partial charge in [0.25, 0.3) is 5.91 Å². The van der Waals surface area contributed by atoms with Crippen molar-refractivity contribution in [2.24, 2.45) is 0 Å². The second kappa shape index (κ2) is 7.20. The van der Waals surface area contributed by atoms with E-state index in [0.29, 0.717) is 11.3 Å². The van der Waals surface area contributed by atoms with Crippen molar-refractivity contribution in [2.75, 3.05) is 0 Å². The second-order valence-electron chi connectivity index (χ2n) is 5.93. The lowest BCUT2D eigenvalue weighted by Gasteiger charge is -2.05. The van der Waals surface area contributed by atoms with Gasteiger partial charge in [-0.05, 0) is 31.2 Å². The van der Waals surface area contributed by atoms with Gasteiger partial charge >= 0.3 is 0 Å². The van der Waals surface area contributed by atoms with Crippen molar-refractivity contribution in [3.8, 4) is 11.4 Å². The SMILES string of the molecule is Cc1c(C(=O)NCc2cn(-c3ccncc3)nn2)cnn1-c1ccccc1. The Hall–Kier alpha value is -3.81. The lowest BCUT2D eigenvalue weighted by atomic mass is 10.2. The van der Waals surface area contributed by atoms with E-state index in [2.05, 4.69) is 25.7 Å². The monoisotopic (exact) mass is 359 g/mol. The molecule has 0 unspecified atom stereocenters. The zero-order valence-corrected chi connectivity index (χ0v) is 14.6. The van der Waals surface area contributed by atoms with E-state index in [9.17, 15) is 4.79 Å². The van der Waals surface area contributed by atoms with Crippen molar-refractivity contribution in [3.63, 3.8) is 0 Å². The number of benzene rings is 1. The molecule has 1 N–H and O–H groups in total. The van der Waals surface area contributed by atoms with E-state index in [0.717, 1.165) is 17.1 Å². The highest BCUT2D eigenvalue weighted by Gasteiger charge is 2.15. The lowest BCUT2D eigenvalue weighted by molar-refractivity contribution is 0.0950. The Labute approximate surface area is 155 Å². The van der Waals surface area contributed by atoms with Crippen LogP contribution in [-0.4, -0.2) is 35.7 Å². The first kappa shape index (κ1) is 16.6. The molecule has 134 valence electrons. The molecular formula is C19H17N7O. The molecule has 0 radical (unpaired) electrons. The van der Waals surface area contributed by atoms with Crippen LogP contribution in [0.15, 0.2) is 67.3 Å². The van der Waals surface area contributed by atoms with Crippen molar-refractivity contribution < 1.29 is 4.79 Å². The maximum absolute atomic E-state index is 12.5. The zero-order valence-electron chi connectivity index (χ0n) is 14.6. The summed E-state index contributed by atoms with van der Waals surface area (Å²) < 4.78 is 3.39. The van der Waals surface area contributed by atoms with E-state index < -0.39 is 0 Å². The summed E-state index contributed by atoms with van der Waals surface area (Å²) in [6.07, 6.45) is 6.72. The Morgan fingerprint density at radius 3 is 2.63 bits per heavy atom. The molecule has 3 heterocycles. The number of carbonyl (C=O) groups is 1. The molecule has 0 spiro atoms. The van der Waals surface area contributed by atoms with Gasteiger partial charge in [-0.15, -0.1) is 5.10 Å². The number of carbonyl (C=O) groups excluding carboxylic acids is 1. The van der Waals surface area contributed by atoms with Crippen LogP contribution in [0.2, 0.25) is 0 Å². The maximum Gasteiger partial charge on any atom is 0.255 e. The van der Waals surface area contributed by atoms with Gasteiger partial charge in [-0.1, -0.05) is 23.4 Å². The fourth-order valence-corrected chi connectivity index (χ4v) is 2.73. The fourth-order valence-electron chi connectivity index (χ4n) is 2.73. The summed E-state index contributed by atoms with van der Waals surface area (Å²) in [5.41, 5.74) is 3.73. The van der Waals surface area contributed by atoms with Crippen LogP contribution >= 0.6 is 0 Å². The van der Waals surface area contributed by atoms with Gasteiger partial charge < -0.3 is 5.32 Å². The Morgan fingerprint density at radius 1 is 1.07 bits per heavy atom. The third-order valence-corrected chi connectivity index (χ3v) is 4.15. The number of nitrogens with zero attached hydrogens (tertiary/aromatic N) is 6. The van der Waals surface area contributed by atoms with Crippen LogP contribution in [0.5, 0.6) is 0 Å². The van der Waals surface area contributed by atoms with Gasteiger partial charge in [0.05, 0.1) is 41.6 Å². The quantitative estimate of drug-likeness (QED) is 0.589. The minimum Gasteiger partial charge on any atom is -0.346 e. The van der Waals surface area contributed by atoms with Gasteiger partial charge in [-0.3, -0.25) is 9.78 Å². The highest BCUT2D eigenvalue weighted by atomic mass is 16.1. The Bertz CT molecular complexity index is 1050. The highest BCUT2D eigenvalue weighted by molar-refractivity contribution is 5.95. The van der Waals surface area contributed by atoms with Gasteiger partial charge in [0.2, 0.25) is 0 Å². The number of hydrogen-bond acceptors (Lipinski definition) is 5. The molecular weight excluding hydrogens is 342 g/mol. The van der Waals surface area contributed by atoms with Crippen LogP contribution in [0.1, 0.15) is 21.7 Å². The Kier molecular flexibility index (Phi) is 4.44. The van der Waals surface area contributed by atoms with Gasteiger partial charge in [0, 0.05) is 12.4 Å². The minimum atomic E-state index is -0.201. The van der Waals surface area contributed by atoms with E-state index >= 15 is 0 Å². The van der Waals surface area contributed by atoms with E-state index in [1.54, 1.807) is 34.2 Å². The molecule has 1 amide bonds. The molecule has 1 aromatic carbocycles. The molecule has 8 nitrogen and oxygen atoms in total. The Balaban J connectivity index is 1.45. The van der Waals surface area contributed by atoms with Crippen LogP contribution < -0.4 is 5.32 Å². The Morgan fingerprint density at radius 2 is 1.85 bits per heavy atom. The summed E-state index contributed by atoms with van der Waals surface area (Å²) in [5.74, 6) is -0.201. The first-order valence-corrected chi connectivity index (χ1v) is 8.42. The van der Waals surface area contributed by atoms with Crippen molar-refractivity contribution in [3.05, 3.63) is 84.2 Å². The normalized spacial score (nSPS) is 10.7. The molecule has 0 aliphatic rings. The molecule has 3 aromatic heterocycles. The third kappa shape index (κ3) is 3.45. The van der Waals surface area contributed by atoms with E-state index in [-0.39, 0.29) is 12.5 Å². The average Bonchev–Trinajstić information content (AvgIpc) is 3.34. The second-order valence-corrected chi connectivity index (χ2v) is 5.93. The predicted molar refractivity (Wildman–Crippen MR) is 98.6 cm³/mol. The third-order valence-electron chi connectivity index (χ3n) is 4.15. The summed E-state index contributed by atoms with van der Waals surface area (Å²) in [6.45, 7) is 2.15. The largest absolute Gasteiger partial charge is 0.346 e. The number of para-hydroxylation sites is 1. The zero-order chi connectivity index (χ0) is 18.6. The molecule has 8 heteroatoms. The van der Waals surface area contributed by atoms with Crippen molar-refractivity contribution in [1.29, 1.82) is 0 Å². The van der Waals surface area contributed by atoms with E-state index in [1.165, 1.54) is 0 Å². The van der Waals surface area contributed by atoms with E-state index in [4.69, 9.17) is 0 Å². The molecule has 0 aliphatic carbocycles.